The molecule has 2 aliphatic rings. The van der Waals surface area contributed by atoms with Crippen molar-refractivity contribution in [2.75, 3.05) is 0 Å². The van der Waals surface area contributed by atoms with E-state index in [0.29, 0.717) is 10.9 Å². The molecule has 1 nitrogen and oxygen atoms in total. The summed E-state index contributed by atoms with van der Waals surface area (Å²) in [6, 6.07) is 0. The summed E-state index contributed by atoms with van der Waals surface area (Å²) in [5.41, 5.74) is 5.66. The summed E-state index contributed by atoms with van der Waals surface area (Å²) in [5.74, 6) is -0.260. The third kappa shape index (κ3) is 0.700. The zero-order valence-corrected chi connectivity index (χ0v) is 6.41. The SMILES string of the molecule is CC12C=C(F)C(N)=CC1S2. The second kappa shape index (κ2) is 1.59. The van der Waals surface area contributed by atoms with E-state index >= 15 is 0 Å². The third-order valence-corrected chi connectivity index (χ3v) is 3.41. The first-order valence-electron chi connectivity index (χ1n) is 3.16. The van der Waals surface area contributed by atoms with Crippen molar-refractivity contribution in [3.63, 3.8) is 0 Å². The summed E-state index contributed by atoms with van der Waals surface area (Å²) in [5, 5.41) is 0.423. The topological polar surface area (TPSA) is 26.0 Å². The molecule has 0 aromatic carbocycles. The lowest BCUT2D eigenvalue weighted by atomic mass is 10.0. The Morgan fingerprint density at radius 1 is 1.80 bits per heavy atom. The largest absolute Gasteiger partial charge is 0.397 e. The molecule has 2 rings (SSSR count). The highest BCUT2D eigenvalue weighted by Gasteiger charge is 2.51. The molecule has 10 heavy (non-hydrogen) atoms. The third-order valence-electron chi connectivity index (χ3n) is 1.91. The molecule has 2 atom stereocenters. The highest BCUT2D eigenvalue weighted by Crippen LogP contribution is 2.58. The smallest absolute Gasteiger partial charge is 0.143 e. The van der Waals surface area contributed by atoms with E-state index in [1.807, 2.05) is 6.92 Å². The van der Waals surface area contributed by atoms with Crippen molar-refractivity contribution in [3.8, 4) is 0 Å². The Labute approximate surface area is 63.2 Å². The Morgan fingerprint density at radius 3 is 3.10 bits per heavy atom. The highest BCUT2D eigenvalue weighted by molar-refractivity contribution is 8.09. The van der Waals surface area contributed by atoms with Gasteiger partial charge in [0.05, 0.1) is 10.4 Å². The van der Waals surface area contributed by atoms with Crippen molar-refractivity contribution in [1.29, 1.82) is 0 Å². The predicted molar refractivity (Wildman–Crippen MR) is 41.2 cm³/mol. The highest BCUT2D eigenvalue weighted by atomic mass is 32.2. The Bertz CT molecular complexity index is 246. The van der Waals surface area contributed by atoms with Crippen LogP contribution in [0.2, 0.25) is 0 Å². The molecular weight excluding hydrogens is 149 g/mol. The molecule has 54 valence electrons. The van der Waals surface area contributed by atoms with Gasteiger partial charge >= 0.3 is 0 Å². The van der Waals surface area contributed by atoms with Gasteiger partial charge in [0.1, 0.15) is 5.83 Å². The molecular formula is C7H8FNS. The molecule has 0 aromatic heterocycles. The molecule has 1 aliphatic heterocycles. The summed E-state index contributed by atoms with van der Waals surface area (Å²) in [6.45, 7) is 2.02. The first-order valence-corrected chi connectivity index (χ1v) is 4.04. The molecule has 2 N–H and O–H groups in total. The number of fused-ring (bicyclic) bond motifs is 1. The molecule has 0 amide bonds. The van der Waals surface area contributed by atoms with Crippen LogP contribution in [-0.4, -0.2) is 10.00 Å². The van der Waals surface area contributed by atoms with Crippen molar-refractivity contribution >= 4 is 11.8 Å². The molecule has 1 heterocycles. The van der Waals surface area contributed by atoms with Crippen LogP contribution in [0.1, 0.15) is 6.92 Å². The lowest BCUT2D eigenvalue weighted by Gasteiger charge is -2.07. The van der Waals surface area contributed by atoms with Crippen molar-refractivity contribution in [2.45, 2.75) is 16.9 Å². The summed E-state index contributed by atoms with van der Waals surface area (Å²) in [4.78, 5) is 0. The van der Waals surface area contributed by atoms with Crippen LogP contribution in [-0.2, 0) is 0 Å². The second-order valence-electron chi connectivity index (χ2n) is 2.84. The Balaban J connectivity index is 2.37. The van der Waals surface area contributed by atoms with E-state index in [2.05, 4.69) is 0 Å². The van der Waals surface area contributed by atoms with Crippen LogP contribution in [0.15, 0.2) is 23.7 Å². The second-order valence-corrected chi connectivity index (χ2v) is 4.46. The fraction of sp³-hybridized carbons (Fsp3) is 0.429. The molecule has 0 saturated carbocycles. The normalized spacial score (nSPS) is 43.6. The van der Waals surface area contributed by atoms with Gasteiger partial charge in [0.2, 0.25) is 0 Å². The van der Waals surface area contributed by atoms with Gasteiger partial charge in [0.15, 0.2) is 0 Å². The van der Waals surface area contributed by atoms with Gasteiger partial charge in [-0.25, -0.2) is 4.39 Å². The molecule has 0 aromatic rings. The maximum absolute atomic E-state index is 12.8. The molecule has 0 spiro atoms. The molecule has 0 radical (unpaired) electrons. The van der Waals surface area contributed by atoms with Crippen LogP contribution >= 0.6 is 11.8 Å². The minimum absolute atomic E-state index is 0.0208. The number of hydrogen-bond donors (Lipinski definition) is 1. The van der Waals surface area contributed by atoms with E-state index < -0.39 is 0 Å². The fourth-order valence-corrected chi connectivity index (χ4v) is 2.13. The van der Waals surface area contributed by atoms with Crippen LogP contribution in [0.25, 0.3) is 0 Å². The maximum Gasteiger partial charge on any atom is 0.143 e. The number of rotatable bonds is 0. The van der Waals surface area contributed by atoms with E-state index in [1.54, 1.807) is 23.9 Å². The molecule has 1 fully saturated rings. The van der Waals surface area contributed by atoms with Crippen LogP contribution in [0.4, 0.5) is 4.39 Å². The van der Waals surface area contributed by atoms with Crippen LogP contribution < -0.4 is 5.73 Å². The summed E-state index contributed by atoms with van der Waals surface area (Å²) in [6.07, 6.45) is 3.40. The van der Waals surface area contributed by atoms with Gasteiger partial charge in [-0.05, 0) is 19.1 Å². The summed E-state index contributed by atoms with van der Waals surface area (Å²) < 4.78 is 12.8. The van der Waals surface area contributed by atoms with Crippen molar-refractivity contribution in [3.05, 3.63) is 23.7 Å². The van der Waals surface area contributed by atoms with Gasteiger partial charge in [0.25, 0.3) is 0 Å². The lowest BCUT2D eigenvalue weighted by Crippen LogP contribution is -2.13. The van der Waals surface area contributed by atoms with Gasteiger partial charge in [-0.2, -0.15) is 0 Å². The molecule has 2 unspecified atom stereocenters. The number of thioether (sulfide) groups is 1. The lowest BCUT2D eigenvalue weighted by molar-refractivity contribution is 0.627. The summed E-state index contributed by atoms with van der Waals surface area (Å²) in [7, 11) is 0. The number of halogens is 1. The Kier molecular flexibility index (Phi) is 0.997. The van der Waals surface area contributed by atoms with E-state index in [1.165, 1.54) is 0 Å². The van der Waals surface area contributed by atoms with Gasteiger partial charge in [-0.3, -0.25) is 0 Å². The van der Waals surface area contributed by atoms with E-state index in [-0.39, 0.29) is 10.6 Å². The van der Waals surface area contributed by atoms with Gasteiger partial charge in [-0.1, -0.05) is 0 Å². The monoisotopic (exact) mass is 157 g/mol. The maximum atomic E-state index is 12.8. The van der Waals surface area contributed by atoms with Gasteiger partial charge in [-0.15, -0.1) is 11.8 Å². The molecule has 1 aliphatic carbocycles. The van der Waals surface area contributed by atoms with Crippen LogP contribution in [0.5, 0.6) is 0 Å². The van der Waals surface area contributed by atoms with Gasteiger partial charge in [0, 0.05) is 5.25 Å². The zero-order chi connectivity index (χ0) is 7.35. The fourth-order valence-electron chi connectivity index (χ4n) is 1.13. The van der Waals surface area contributed by atoms with Crippen molar-refractivity contribution < 1.29 is 4.39 Å². The van der Waals surface area contributed by atoms with Crippen molar-refractivity contribution in [1.82, 2.24) is 0 Å². The Morgan fingerprint density at radius 2 is 2.50 bits per heavy atom. The minimum Gasteiger partial charge on any atom is -0.397 e. The van der Waals surface area contributed by atoms with Crippen LogP contribution in [0.3, 0.4) is 0 Å². The molecule has 1 saturated heterocycles. The molecule has 0 bridgehead atoms. The van der Waals surface area contributed by atoms with Crippen molar-refractivity contribution in [2.24, 2.45) is 5.73 Å². The average molecular weight is 157 g/mol. The number of allylic oxidation sites excluding steroid dienone is 1. The van der Waals surface area contributed by atoms with Crippen LogP contribution in [0, 0.1) is 0 Å². The first-order chi connectivity index (χ1) is 4.62. The standard InChI is InChI=1S/C7H8FNS/c1-7-3-4(8)5(9)2-6(7)10-7/h2-3,6H,9H2,1H3. The minimum atomic E-state index is -0.260. The van der Waals surface area contributed by atoms with Gasteiger partial charge < -0.3 is 5.73 Å². The number of nitrogens with two attached hydrogens (primary N) is 1. The Hall–Kier alpha value is -0.440. The zero-order valence-electron chi connectivity index (χ0n) is 5.60. The van der Waals surface area contributed by atoms with E-state index in [0.717, 1.165) is 0 Å². The first kappa shape index (κ1) is 6.28. The number of hydrogen-bond acceptors (Lipinski definition) is 2. The van der Waals surface area contributed by atoms with E-state index in [9.17, 15) is 4.39 Å². The summed E-state index contributed by atoms with van der Waals surface area (Å²) >= 11 is 1.74. The average Bonchev–Trinajstić information content (AvgIpc) is 2.41. The van der Waals surface area contributed by atoms with E-state index in [4.69, 9.17) is 5.73 Å². The molecule has 3 heteroatoms. The quantitative estimate of drug-likeness (QED) is 0.540. The predicted octanol–water partition coefficient (Wildman–Crippen LogP) is 1.57.